The summed E-state index contributed by atoms with van der Waals surface area (Å²) in [7, 11) is 0. The van der Waals surface area contributed by atoms with Crippen molar-refractivity contribution in [2.75, 3.05) is 0 Å². The Bertz CT molecular complexity index is 628. The van der Waals surface area contributed by atoms with Crippen LogP contribution in [0.25, 0.3) is 0 Å². The Balaban J connectivity index is 3.48. The molecular weight excluding hydrogens is 597 g/mol. The molecule has 2 nitrogen and oxygen atoms in total. The highest BCUT2D eigenvalue weighted by atomic mass is 16.5. The van der Waals surface area contributed by atoms with E-state index in [2.05, 4.69) is 20.4 Å². The Labute approximate surface area is 310 Å². The topological polar surface area (TPSA) is 26.3 Å². The molecule has 0 aromatic carbocycles. The van der Waals surface area contributed by atoms with Gasteiger partial charge in [-0.1, -0.05) is 258 Å². The van der Waals surface area contributed by atoms with E-state index in [1.165, 1.54) is 256 Å². The summed E-state index contributed by atoms with van der Waals surface area (Å²) in [6.07, 6.45) is 58.4. The quantitative estimate of drug-likeness (QED) is 0.0362. The summed E-state index contributed by atoms with van der Waals surface area (Å²) in [5.74, 6) is -0.240. The molecule has 0 aliphatic rings. The average Bonchev–Trinajstić information content (AvgIpc) is 3.11. The van der Waals surface area contributed by atoms with Crippen LogP contribution in [0, 0.1) is 0 Å². The maximum Gasteiger partial charge on any atom is 0.330 e. The second-order valence-corrected chi connectivity index (χ2v) is 15.9. The molecule has 0 fully saturated rings. The fourth-order valence-corrected chi connectivity index (χ4v) is 7.55. The second kappa shape index (κ2) is 43.4. The van der Waals surface area contributed by atoms with Gasteiger partial charge in [-0.25, -0.2) is 4.79 Å². The van der Waals surface area contributed by atoms with Crippen molar-refractivity contribution in [2.45, 2.75) is 283 Å². The lowest BCUT2D eigenvalue weighted by Crippen LogP contribution is -2.16. The lowest BCUT2D eigenvalue weighted by Gasteiger charge is -2.17. The van der Waals surface area contributed by atoms with Gasteiger partial charge in [0.25, 0.3) is 0 Å². The van der Waals surface area contributed by atoms with Gasteiger partial charge in [0, 0.05) is 6.08 Å². The molecule has 0 aromatic rings. The molecule has 0 amide bonds. The molecule has 0 radical (unpaired) electrons. The first-order valence-electron chi connectivity index (χ1n) is 23.1. The lowest BCUT2D eigenvalue weighted by atomic mass is 10.0. The average molecular weight is 689 g/mol. The highest BCUT2D eigenvalue weighted by Gasteiger charge is 2.12. The Morgan fingerprint density at radius 1 is 0.367 bits per heavy atom. The van der Waals surface area contributed by atoms with E-state index in [0.29, 0.717) is 0 Å². The minimum absolute atomic E-state index is 0.0900. The molecule has 1 atom stereocenters. The fourth-order valence-electron chi connectivity index (χ4n) is 7.55. The van der Waals surface area contributed by atoms with Crippen LogP contribution in [0.4, 0.5) is 0 Å². The molecule has 0 saturated heterocycles. The van der Waals surface area contributed by atoms with Crippen LogP contribution < -0.4 is 0 Å². The first-order valence-corrected chi connectivity index (χ1v) is 23.1. The molecule has 0 bridgehead atoms. The van der Waals surface area contributed by atoms with Crippen LogP contribution in [0.2, 0.25) is 0 Å². The number of rotatable bonds is 43. The predicted molar refractivity (Wildman–Crippen MR) is 221 cm³/mol. The van der Waals surface area contributed by atoms with Gasteiger partial charge in [0.2, 0.25) is 0 Å². The molecule has 2 heteroatoms. The summed E-state index contributed by atoms with van der Waals surface area (Å²) in [6.45, 7) is 8.21. The molecular formula is C47H92O2. The Morgan fingerprint density at radius 2 is 0.551 bits per heavy atom. The van der Waals surface area contributed by atoms with E-state index in [1.54, 1.807) is 0 Å². The zero-order chi connectivity index (χ0) is 35.6. The van der Waals surface area contributed by atoms with Crippen LogP contribution in [-0.4, -0.2) is 12.1 Å². The van der Waals surface area contributed by atoms with E-state index >= 15 is 0 Å². The number of esters is 1. The van der Waals surface area contributed by atoms with Crippen LogP contribution in [0.15, 0.2) is 12.7 Å². The van der Waals surface area contributed by atoms with Gasteiger partial charge < -0.3 is 4.74 Å². The largest absolute Gasteiger partial charge is 0.459 e. The molecule has 0 heterocycles. The number of unbranched alkanes of at least 4 members (excludes halogenated alkanes) is 37. The molecule has 0 aliphatic heterocycles. The SMILES string of the molecule is C=CC(=O)OC(CCCCCCCCCCCCCCCCC)CCCCCCCCCCCCCCCCCCCCCCCCCC. The third-order valence-electron chi connectivity index (χ3n) is 11.0. The van der Waals surface area contributed by atoms with Crippen LogP contribution in [0.1, 0.15) is 277 Å². The van der Waals surface area contributed by atoms with E-state index in [1.807, 2.05) is 0 Å². The van der Waals surface area contributed by atoms with Gasteiger partial charge in [0.05, 0.1) is 0 Å². The Morgan fingerprint density at radius 3 is 0.735 bits per heavy atom. The van der Waals surface area contributed by atoms with Crippen LogP contribution in [-0.2, 0) is 9.53 Å². The summed E-state index contributed by atoms with van der Waals surface area (Å²) in [6, 6.07) is 0. The maximum atomic E-state index is 11.9. The van der Waals surface area contributed by atoms with Gasteiger partial charge >= 0.3 is 5.97 Å². The summed E-state index contributed by atoms with van der Waals surface area (Å²) in [4.78, 5) is 11.9. The molecule has 0 N–H and O–H groups in total. The molecule has 0 saturated carbocycles. The van der Waals surface area contributed by atoms with Crippen molar-refractivity contribution in [3.05, 3.63) is 12.7 Å². The van der Waals surface area contributed by atoms with Crippen molar-refractivity contribution in [3.63, 3.8) is 0 Å². The van der Waals surface area contributed by atoms with E-state index < -0.39 is 0 Å². The number of ether oxygens (including phenoxy) is 1. The third kappa shape index (κ3) is 41.5. The van der Waals surface area contributed by atoms with Crippen molar-refractivity contribution in [1.82, 2.24) is 0 Å². The first kappa shape index (κ1) is 48.2. The number of carbonyl (C=O) groups is 1. The number of hydrogen-bond donors (Lipinski definition) is 0. The van der Waals surface area contributed by atoms with Crippen molar-refractivity contribution in [2.24, 2.45) is 0 Å². The normalized spacial score (nSPS) is 12.0. The minimum Gasteiger partial charge on any atom is -0.459 e. The minimum atomic E-state index is -0.240. The first-order chi connectivity index (χ1) is 24.2. The van der Waals surface area contributed by atoms with Crippen LogP contribution >= 0.6 is 0 Å². The number of hydrogen-bond acceptors (Lipinski definition) is 2. The third-order valence-corrected chi connectivity index (χ3v) is 11.0. The van der Waals surface area contributed by atoms with Crippen LogP contribution in [0.5, 0.6) is 0 Å². The van der Waals surface area contributed by atoms with Crippen LogP contribution in [0.3, 0.4) is 0 Å². The number of carbonyl (C=O) groups excluding carboxylic acids is 1. The zero-order valence-corrected chi connectivity index (χ0v) is 34.2. The lowest BCUT2D eigenvalue weighted by molar-refractivity contribution is -0.143. The van der Waals surface area contributed by atoms with E-state index in [4.69, 9.17) is 4.74 Å². The summed E-state index contributed by atoms with van der Waals surface area (Å²) in [5, 5.41) is 0. The maximum absolute atomic E-state index is 11.9. The Kier molecular flexibility index (Phi) is 42.7. The molecule has 1 unspecified atom stereocenters. The molecule has 0 aliphatic carbocycles. The summed E-state index contributed by atoms with van der Waals surface area (Å²) < 4.78 is 5.71. The van der Waals surface area contributed by atoms with E-state index in [0.717, 1.165) is 12.8 Å². The summed E-state index contributed by atoms with van der Waals surface area (Å²) in [5.41, 5.74) is 0. The zero-order valence-electron chi connectivity index (χ0n) is 34.2. The fraction of sp³-hybridized carbons (Fsp3) is 0.936. The smallest absolute Gasteiger partial charge is 0.330 e. The second-order valence-electron chi connectivity index (χ2n) is 15.9. The molecule has 0 aromatic heterocycles. The van der Waals surface area contributed by atoms with Crippen molar-refractivity contribution in [3.8, 4) is 0 Å². The monoisotopic (exact) mass is 689 g/mol. The van der Waals surface area contributed by atoms with Gasteiger partial charge in [-0.3, -0.25) is 0 Å². The standard InChI is InChI=1S/C47H92O2/c1-4-7-9-11-13-15-17-19-21-22-23-24-25-26-27-28-29-31-33-35-37-39-41-43-45-46(49-47(48)6-3)44-42-40-38-36-34-32-30-20-18-16-14-12-10-8-5-2/h6,46H,3-5,7-45H2,1-2H3. The van der Waals surface area contributed by atoms with Gasteiger partial charge in [-0.15, -0.1) is 0 Å². The van der Waals surface area contributed by atoms with Gasteiger partial charge in [0.15, 0.2) is 0 Å². The molecule has 292 valence electrons. The predicted octanol–water partition coefficient (Wildman–Crippen LogP) is 17.1. The highest BCUT2D eigenvalue weighted by molar-refractivity contribution is 5.81. The molecule has 49 heavy (non-hydrogen) atoms. The summed E-state index contributed by atoms with van der Waals surface area (Å²) >= 11 is 0. The van der Waals surface area contributed by atoms with Crippen molar-refractivity contribution in [1.29, 1.82) is 0 Å². The molecule has 0 rings (SSSR count). The van der Waals surface area contributed by atoms with Crippen molar-refractivity contribution >= 4 is 5.97 Å². The van der Waals surface area contributed by atoms with E-state index in [9.17, 15) is 4.79 Å². The van der Waals surface area contributed by atoms with E-state index in [-0.39, 0.29) is 12.1 Å². The molecule has 0 spiro atoms. The van der Waals surface area contributed by atoms with Gasteiger partial charge in [0.1, 0.15) is 6.10 Å². The van der Waals surface area contributed by atoms with Crippen molar-refractivity contribution < 1.29 is 9.53 Å². The van der Waals surface area contributed by atoms with Gasteiger partial charge in [-0.2, -0.15) is 0 Å². The highest BCUT2D eigenvalue weighted by Crippen LogP contribution is 2.19. The Hall–Kier alpha value is -0.790. The van der Waals surface area contributed by atoms with Gasteiger partial charge in [-0.05, 0) is 25.7 Å².